The number of benzene rings is 1. The summed E-state index contributed by atoms with van der Waals surface area (Å²) in [6.45, 7) is 0. The van der Waals surface area contributed by atoms with E-state index < -0.39 is 17.8 Å². The quantitative estimate of drug-likeness (QED) is 0.336. The largest absolute Gasteiger partial charge is 0.451 e. The summed E-state index contributed by atoms with van der Waals surface area (Å²) < 4.78 is 6.10. The monoisotopic (exact) mass is 542 g/mol. The van der Waals surface area contributed by atoms with Crippen LogP contribution in [-0.2, 0) is 15.0 Å². The number of amides is 4. The molecule has 5 aliphatic rings. The topological polar surface area (TPSA) is 79.6 Å². The Morgan fingerprint density at radius 1 is 0.938 bits per heavy atom. The van der Waals surface area contributed by atoms with E-state index in [-0.39, 0.29) is 11.0 Å². The number of hydrogen-bond donors (Lipinski definition) is 1. The number of anilines is 1. The number of urea groups is 1. The van der Waals surface area contributed by atoms with Gasteiger partial charge in [-0.3, -0.25) is 14.9 Å². The minimum absolute atomic E-state index is 0.125. The molecular formula is C25H23IN2O4. The van der Waals surface area contributed by atoms with Gasteiger partial charge in [0.2, 0.25) is 0 Å². The van der Waals surface area contributed by atoms with Gasteiger partial charge in [0.15, 0.2) is 3.77 Å². The van der Waals surface area contributed by atoms with Gasteiger partial charge in [0.05, 0.1) is 5.69 Å². The maximum Gasteiger partial charge on any atom is 0.335 e. The van der Waals surface area contributed by atoms with Crippen LogP contribution in [0.1, 0.15) is 49.8 Å². The molecule has 4 saturated carbocycles. The van der Waals surface area contributed by atoms with Gasteiger partial charge >= 0.3 is 6.03 Å². The number of imide groups is 2. The molecule has 1 aliphatic heterocycles. The fraction of sp³-hybridized carbons (Fsp3) is 0.400. The number of rotatable bonds is 3. The minimum Gasteiger partial charge on any atom is -0.451 e. The number of carbonyl (C=O) groups is 3. The summed E-state index contributed by atoms with van der Waals surface area (Å²) in [5.41, 5.74) is 1.91. The Kier molecular flexibility index (Phi) is 4.61. The van der Waals surface area contributed by atoms with E-state index >= 15 is 0 Å². The lowest BCUT2D eigenvalue weighted by Gasteiger charge is -2.57. The number of nitrogens with zero attached hydrogens (tertiary/aromatic N) is 1. The van der Waals surface area contributed by atoms with Crippen molar-refractivity contribution in [1.82, 2.24) is 5.32 Å². The van der Waals surface area contributed by atoms with Crippen LogP contribution in [0.25, 0.3) is 6.08 Å². The zero-order chi connectivity index (χ0) is 22.0. The Labute approximate surface area is 199 Å². The molecule has 2 heterocycles. The molecule has 1 N–H and O–H groups in total. The first-order chi connectivity index (χ1) is 15.4. The molecule has 1 aromatic carbocycles. The smallest absolute Gasteiger partial charge is 0.335 e. The van der Waals surface area contributed by atoms with E-state index in [9.17, 15) is 14.4 Å². The standard InChI is InChI=1S/C25H23IN2O4/c26-21-6-5-19(32-21)10-20-22(29)27-24(31)28(23(20)30)18-3-1-17(2-4-18)25-11-14-7-15(12-25)9-16(8-14)13-25/h1-6,10,14-16H,7-9,11-13H2,(H,27,29,31). The van der Waals surface area contributed by atoms with Crippen LogP contribution in [-0.4, -0.2) is 17.8 Å². The van der Waals surface area contributed by atoms with Crippen molar-refractivity contribution >= 4 is 52.2 Å². The molecule has 0 unspecified atom stereocenters. The van der Waals surface area contributed by atoms with Crippen molar-refractivity contribution in [2.45, 2.75) is 43.9 Å². The molecule has 4 amide bonds. The van der Waals surface area contributed by atoms with Gasteiger partial charge in [-0.25, -0.2) is 9.69 Å². The van der Waals surface area contributed by atoms with Crippen LogP contribution in [0.3, 0.4) is 0 Å². The third kappa shape index (κ3) is 3.24. The van der Waals surface area contributed by atoms with E-state index in [0.29, 0.717) is 15.2 Å². The Morgan fingerprint density at radius 3 is 2.12 bits per heavy atom. The van der Waals surface area contributed by atoms with Crippen LogP contribution >= 0.6 is 22.6 Å². The van der Waals surface area contributed by atoms with Crippen molar-refractivity contribution in [3.05, 3.63) is 57.1 Å². The number of carbonyl (C=O) groups excluding carboxylic acids is 3. The second kappa shape index (κ2) is 7.30. The van der Waals surface area contributed by atoms with E-state index in [1.54, 1.807) is 12.1 Å². The number of furan rings is 1. The van der Waals surface area contributed by atoms with Crippen LogP contribution in [0, 0.1) is 21.5 Å². The SMILES string of the molecule is O=C1NC(=O)N(c2ccc(C34CC5CC(CC(C5)C3)C4)cc2)C(=O)C1=Cc1ccc(I)o1. The van der Waals surface area contributed by atoms with Crippen molar-refractivity contribution in [1.29, 1.82) is 0 Å². The van der Waals surface area contributed by atoms with Gasteiger partial charge < -0.3 is 4.42 Å². The summed E-state index contributed by atoms with van der Waals surface area (Å²) in [5.74, 6) is 1.57. The van der Waals surface area contributed by atoms with E-state index in [0.717, 1.165) is 22.7 Å². The van der Waals surface area contributed by atoms with Gasteiger partial charge in [0.1, 0.15) is 11.3 Å². The number of hydrogen-bond acceptors (Lipinski definition) is 4. The van der Waals surface area contributed by atoms with Gasteiger partial charge in [0.25, 0.3) is 11.8 Å². The van der Waals surface area contributed by atoms with Gasteiger partial charge in [-0.15, -0.1) is 0 Å². The highest BCUT2D eigenvalue weighted by molar-refractivity contribution is 14.1. The molecule has 32 heavy (non-hydrogen) atoms. The molecule has 6 nitrogen and oxygen atoms in total. The molecule has 0 atom stereocenters. The lowest BCUT2D eigenvalue weighted by atomic mass is 9.48. The molecule has 0 radical (unpaired) electrons. The van der Waals surface area contributed by atoms with Gasteiger partial charge in [0, 0.05) is 0 Å². The second-order valence-corrected chi connectivity index (χ2v) is 10.9. The first-order valence-corrected chi connectivity index (χ1v) is 12.3. The van der Waals surface area contributed by atoms with Crippen LogP contribution in [0.4, 0.5) is 10.5 Å². The summed E-state index contributed by atoms with van der Waals surface area (Å²) in [6.07, 6.45) is 9.30. The summed E-state index contributed by atoms with van der Waals surface area (Å²) in [4.78, 5) is 39.0. The highest BCUT2D eigenvalue weighted by Gasteiger charge is 2.51. The average molecular weight is 542 g/mol. The van der Waals surface area contributed by atoms with Crippen LogP contribution < -0.4 is 10.2 Å². The summed E-state index contributed by atoms with van der Waals surface area (Å²) >= 11 is 2.01. The zero-order valence-corrected chi connectivity index (χ0v) is 19.6. The van der Waals surface area contributed by atoms with Crippen molar-refractivity contribution < 1.29 is 18.8 Å². The van der Waals surface area contributed by atoms with Crippen LogP contribution in [0.5, 0.6) is 0 Å². The Hall–Kier alpha value is -2.42. The fourth-order valence-corrected chi connectivity index (χ4v) is 7.30. The first kappa shape index (κ1) is 20.2. The van der Waals surface area contributed by atoms with Gasteiger partial charge in [-0.05, 0) is 120 Å². The third-order valence-electron chi connectivity index (χ3n) is 7.76. The average Bonchev–Trinajstić information content (AvgIpc) is 3.15. The summed E-state index contributed by atoms with van der Waals surface area (Å²) in [5, 5.41) is 2.27. The van der Waals surface area contributed by atoms with E-state index in [2.05, 4.69) is 17.4 Å². The molecular weight excluding hydrogens is 519 g/mol. The Morgan fingerprint density at radius 2 is 1.56 bits per heavy atom. The normalized spacial score (nSPS) is 32.7. The molecule has 1 aromatic heterocycles. The molecule has 7 rings (SSSR count). The maximum absolute atomic E-state index is 13.1. The Bertz CT molecular complexity index is 1130. The molecule has 164 valence electrons. The minimum atomic E-state index is -0.728. The lowest BCUT2D eigenvalue weighted by Crippen LogP contribution is -2.54. The highest BCUT2D eigenvalue weighted by atomic mass is 127. The molecule has 4 aliphatic carbocycles. The molecule has 2 aromatic rings. The van der Waals surface area contributed by atoms with Gasteiger partial charge in [-0.2, -0.15) is 0 Å². The Balaban J connectivity index is 1.30. The van der Waals surface area contributed by atoms with E-state index in [1.807, 2.05) is 34.7 Å². The fourth-order valence-electron chi connectivity index (χ4n) is 6.87. The van der Waals surface area contributed by atoms with E-state index in [4.69, 9.17) is 4.42 Å². The lowest BCUT2D eigenvalue weighted by molar-refractivity contribution is -0.122. The third-order valence-corrected chi connectivity index (χ3v) is 8.34. The summed E-state index contributed by atoms with van der Waals surface area (Å²) in [6, 6.07) is 10.5. The molecule has 7 heteroatoms. The molecule has 5 fully saturated rings. The number of nitrogens with one attached hydrogen (secondary N) is 1. The first-order valence-electron chi connectivity index (χ1n) is 11.2. The molecule has 0 spiro atoms. The summed E-state index contributed by atoms with van der Waals surface area (Å²) in [7, 11) is 0. The van der Waals surface area contributed by atoms with Gasteiger partial charge in [-0.1, -0.05) is 12.1 Å². The van der Waals surface area contributed by atoms with Crippen LogP contribution in [0.2, 0.25) is 0 Å². The second-order valence-electron chi connectivity index (χ2n) is 9.84. The van der Waals surface area contributed by atoms with Crippen molar-refractivity contribution in [2.24, 2.45) is 17.8 Å². The number of barbiturate groups is 1. The van der Waals surface area contributed by atoms with E-state index in [1.165, 1.54) is 50.2 Å². The predicted octanol–water partition coefficient (Wildman–Crippen LogP) is 5.02. The molecule has 4 bridgehead atoms. The van der Waals surface area contributed by atoms with Crippen molar-refractivity contribution in [2.75, 3.05) is 4.90 Å². The van der Waals surface area contributed by atoms with Crippen molar-refractivity contribution in [3.8, 4) is 0 Å². The highest BCUT2D eigenvalue weighted by Crippen LogP contribution is 2.60. The van der Waals surface area contributed by atoms with Crippen molar-refractivity contribution in [3.63, 3.8) is 0 Å². The molecule has 1 saturated heterocycles. The number of halogens is 1. The maximum atomic E-state index is 13.1. The zero-order valence-electron chi connectivity index (χ0n) is 17.5. The predicted molar refractivity (Wildman–Crippen MR) is 127 cm³/mol. The van der Waals surface area contributed by atoms with Crippen LogP contribution in [0.15, 0.2) is 46.4 Å².